The topological polar surface area (TPSA) is 60.9 Å². The zero-order valence-electron chi connectivity index (χ0n) is 9.21. The fourth-order valence-corrected chi connectivity index (χ4v) is 2.21. The lowest BCUT2D eigenvalue weighted by atomic mass is 10.2. The van der Waals surface area contributed by atoms with Gasteiger partial charge >= 0.3 is 0 Å². The Hall–Kier alpha value is -1.95. The quantitative estimate of drug-likeness (QED) is 0.728. The van der Waals surface area contributed by atoms with Crippen molar-refractivity contribution in [2.45, 2.75) is 6.54 Å². The molecule has 0 aliphatic rings. The second-order valence-corrected chi connectivity index (χ2v) is 4.54. The summed E-state index contributed by atoms with van der Waals surface area (Å²) in [5.74, 6) is 0. The SMILES string of the molecule is O=c1c(Br)nn(Cc2ccon2)c2ccccc12. The van der Waals surface area contributed by atoms with E-state index in [-0.39, 0.29) is 5.43 Å². The van der Waals surface area contributed by atoms with Gasteiger partial charge in [0.1, 0.15) is 12.0 Å². The number of nitrogens with zero attached hydrogens (tertiary/aromatic N) is 3. The number of hydrogen-bond donors (Lipinski definition) is 0. The molecule has 0 N–H and O–H groups in total. The van der Waals surface area contributed by atoms with E-state index in [4.69, 9.17) is 4.52 Å². The largest absolute Gasteiger partial charge is 0.364 e. The van der Waals surface area contributed by atoms with Crippen LogP contribution in [0.5, 0.6) is 0 Å². The first-order valence-corrected chi connectivity index (χ1v) is 6.09. The van der Waals surface area contributed by atoms with E-state index in [1.54, 1.807) is 16.8 Å². The molecule has 0 atom stereocenters. The molecule has 2 heterocycles. The number of hydrogen-bond acceptors (Lipinski definition) is 4. The summed E-state index contributed by atoms with van der Waals surface area (Å²) in [6.07, 6.45) is 1.51. The maximum Gasteiger partial charge on any atom is 0.222 e. The lowest BCUT2D eigenvalue weighted by Gasteiger charge is -2.08. The molecule has 0 spiro atoms. The van der Waals surface area contributed by atoms with Crippen LogP contribution in [0.15, 0.2) is 50.5 Å². The summed E-state index contributed by atoms with van der Waals surface area (Å²) in [6, 6.07) is 9.11. The van der Waals surface area contributed by atoms with Crippen LogP contribution in [0.3, 0.4) is 0 Å². The smallest absolute Gasteiger partial charge is 0.222 e. The van der Waals surface area contributed by atoms with Gasteiger partial charge in [0, 0.05) is 6.07 Å². The van der Waals surface area contributed by atoms with Gasteiger partial charge in [-0.1, -0.05) is 17.3 Å². The van der Waals surface area contributed by atoms with Crippen LogP contribution in [-0.2, 0) is 6.54 Å². The molecule has 90 valence electrons. The molecule has 0 bridgehead atoms. The van der Waals surface area contributed by atoms with Crippen LogP contribution >= 0.6 is 15.9 Å². The average Bonchev–Trinajstić information content (AvgIpc) is 2.89. The van der Waals surface area contributed by atoms with E-state index in [0.717, 1.165) is 11.2 Å². The van der Waals surface area contributed by atoms with E-state index in [9.17, 15) is 4.79 Å². The second kappa shape index (κ2) is 4.38. The first-order chi connectivity index (χ1) is 8.75. The van der Waals surface area contributed by atoms with Crippen LogP contribution in [0.25, 0.3) is 10.9 Å². The molecule has 3 rings (SSSR count). The normalized spacial score (nSPS) is 10.9. The Balaban J connectivity index is 2.23. The molecule has 2 aromatic heterocycles. The van der Waals surface area contributed by atoms with E-state index in [0.29, 0.717) is 16.5 Å². The van der Waals surface area contributed by atoms with Gasteiger partial charge in [-0.2, -0.15) is 5.10 Å². The van der Waals surface area contributed by atoms with Gasteiger partial charge in [-0.15, -0.1) is 0 Å². The molecule has 18 heavy (non-hydrogen) atoms. The van der Waals surface area contributed by atoms with Crippen LogP contribution in [-0.4, -0.2) is 14.9 Å². The molecule has 0 saturated heterocycles. The molecule has 0 aliphatic heterocycles. The van der Waals surface area contributed by atoms with Crippen LogP contribution in [0.2, 0.25) is 0 Å². The highest BCUT2D eigenvalue weighted by molar-refractivity contribution is 9.10. The second-order valence-electron chi connectivity index (χ2n) is 3.79. The third kappa shape index (κ3) is 1.84. The molecular formula is C12H8BrN3O2. The molecular weight excluding hydrogens is 298 g/mol. The van der Waals surface area contributed by atoms with E-state index < -0.39 is 0 Å². The molecule has 0 radical (unpaired) electrons. The van der Waals surface area contributed by atoms with Crippen molar-refractivity contribution in [3.05, 3.63) is 57.1 Å². The number of fused-ring (bicyclic) bond motifs is 1. The first-order valence-electron chi connectivity index (χ1n) is 5.30. The third-order valence-electron chi connectivity index (χ3n) is 2.63. The van der Waals surface area contributed by atoms with Crippen molar-refractivity contribution in [1.82, 2.24) is 14.9 Å². The summed E-state index contributed by atoms with van der Waals surface area (Å²) in [4.78, 5) is 11.9. The molecule has 1 aromatic carbocycles. The molecule has 0 fully saturated rings. The lowest BCUT2D eigenvalue weighted by Crippen LogP contribution is -2.15. The highest BCUT2D eigenvalue weighted by atomic mass is 79.9. The summed E-state index contributed by atoms with van der Waals surface area (Å²) in [5, 5.41) is 8.68. The lowest BCUT2D eigenvalue weighted by molar-refractivity contribution is 0.408. The van der Waals surface area contributed by atoms with Crippen molar-refractivity contribution in [2.75, 3.05) is 0 Å². The highest BCUT2D eigenvalue weighted by Gasteiger charge is 2.09. The van der Waals surface area contributed by atoms with Gasteiger partial charge in [0.2, 0.25) is 5.43 Å². The van der Waals surface area contributed by atoms with Crippen molar-refractivity contribution in [1.29, 1.82) is 0 Å². The number of rotatable bonds is 2. The fourth-order valence-electron chi connectivity index (χ4n) is 1.80. The van der Waals surface area contributed by atoms with Crippen LogP contribution in [0.1, 0.15) is 5.69 Å². The third-order valence-corrected chi connectivity index (χ3v) is 3.14. The Kier molecular flexibility index (Phi) is 2.71. The predicted molar refractivity (Wildman–Crippen MR) is 69.3 cm³/mol. The summed E-state index contributed by atoms with van der Waals surface area (Å²) >= 11 is 3.18. The van der Waals surface area contributed by atoms with Gasteiger partial charge in [0.15, 0.2) is 4.60 Å². The van der Waals surface area contributed by atoms with Crippen molar-refractivity contribution < 1.29 is 4.52 Å². The van der Waals surface area contributed by atoms with Gasteiger partial charge in [-0.3, -0.25) is 9.48 Å². The van der Waals surface area contributed by atoms with Gasteiger partial charge in [-0.05, 0) is 28.1 Å². The number of para-hydroxylation sites is 1. The van der Waals surface area contributed by atoms with Gasteiger partial charge in [-0.25, -0.2) is 0 Å². The van der Waals surface area contributed by atoms with Crippen LogP contribution in [0, 0.1) is 0 Å². The molecule has 0 saturated carbocycles. The number of halogens is 1. The first kappa shape index (κ1) is 11.2. The molecule has 0 aliphatic carbocycles. The van der Waals surface area contributed by atoms with Crippen LogP contribution < -0.4 is 5.43 Å². The summed E-state index contributed by atoms with van der Waals surface area (Å²) in [6.45, 7) is 0.454. The predicted octanol–water partition coefficient (Wildman–Crippen LogP) is 2.20. The van der Waals surface area contributed by atoms with Gasteiger partial charge in [0.05, 0.1) is 17.4 Å². The minimum Gasteiger partial charge on any atom is -0.364 e. The van der Waals surface area contributed by atoms with Gasteiger partial charge < -0.3 is 4.52 Å². The van der Waals surface area contributed by atoms with Crippen molar-refractivity contribution >= 4 is 26.8 Å². The molecule has 3 aromatic rings. The zero-order valence-corrected chi connectivity index (χ0v) is 10.8. The maximum atomic E-state index is 11.9. The standard InChI is InChI=1S/C12H8BrN3O2/c13-12-11(17)9-3-1-2-4-10(9)16(14-12)7-8-5-6-18-15-8/h1-6H,7H2. The highest BCUT2D eigenvalue weighted by Crippen LogP contribution is 2.13. The monoisotopic (exact) mass is 305 g/mol. The average molecular weight is 306 g/mol. The molecule has 0 amide bonds. The van der Waals surface area contributed by atoms with Gasteiger partial charge in [0.25, 0.3) is 0 Å². The van der Waals surface area contributed by atoms with E-state index in [2.05, 4.69) is 26.2 Å². The Labute approximate surface area is 110 Å². The summed E-state index contributed by atoms with van der Waals surface area (Å²) in [7, 11) is 0. The van der Waals surface area contributed by atoms with Crippen molar-refractivity contribution in [3.63, 3.8) is 0 Å². The Morgan fingerprint density at radius 2 is 2.11 bits per heavy atom. The minimum absolute atomic E-state index is 0.109. The zero-order chi connectivity index (χ0) is 12.5. The van der Waals surface area contributed by atoms with E-state index >= 15 is 0 Å². The van der Waals surface area contributed by atoms with Crippen molar-refractivity contribution in [2.24, 2.45) is 0 Å². The van der Waals surface area contributed by atoms with E-state index in [1.165, 1.54) is 6.26 Å². The Bertz CT molecular complexity index is 750. The number of benzene rings is 1. The van der Waals surface area contributed by atoms with E-state index in [1.807, 2.05) is 18.2 Å². The van der Waals surface area contributed by atoms with Crippen molar-refractivity contribution in [3.8, 4) is 0 Å². The van der Waals surface area contributed by atoms with Crippen LogP contribution in [0.4, 0.5) is 0 Å². The fraction of sp³-hybridized carbons (Fsp3) is 0.0833. The maximum absolute atomic E-state index is 11.9. The summed E-state index contributed by atoms with van der Waals surface area (Å²) < 4.78 is 6.81. The minimum atomic E-state index is -0.109. The number of aromatic nitrogens is 3. The molecule has 0 unspecified atom stereocenters. The molecule has 5 nitrogen and oxygen atoms in total. The Morgan fingerprint density at radius 3 is 2.89 bits per heavy atom. The summed E-state index contributed by atoms with van der Waals surface area (Å²) in [5.41, 5.74) is 1.42. The molecule has 6 heteroatoms. The Morgan fingerprint density at radius 1 is 1.28 bits per heavy atom.